The van der Waals surface area contributed by atoms with E-state index in [-0.39, 0.29) is 5.41 Å². The molecule has 0 aliphatic rings. The summed E-state index contributed by atoms with van der Waals surface area (Å²) in [5.41, 5.74) is 2.25. The van der Waals surface area contributed by atoms with E-state index in [1.54, 1.807) is 0 Å². The normalized spacial score (nSPS) is 12.1. The summed E-state index contributed by atoms with van der Waals surface area (Å²) in [5, 5.41) is 2.17. The Balaban J connectivity index is 2.67. The monoisotopic (exact) mass is 266 g/mol. The third-order valence-electron chi connectivity index (χ3n) is 2.68. The van der Waals surface area contributed by atoms with Gasteiger partial charge < -0.3 is 0 Å². The van der Waals surface area contributed by atoms with E-state index in [2.05, 4.69) is 42.9 Å². The number of rotatable bonds is 1. The first-order valence-corrected chi connectivity index (χ1v) is 7.04. The molecule has 4 heteroatoms. The lowest BCUT2D eigenvalue weighted by Crippen LogP contribution is -2.10. The Bertz CT molecular complexity index is 561. The molecule has 0 N–H and O–H groups in total. The van der Waals surface area contributed by atoms with Gasteiger partial charge in [0.2, 0.25) is 0 Å². The molecule has 2 nitrogen and oxygen atoms in total. The maximum absolute atomic E-state index is 6.20. The van der Waals surface area contributed by atoms with Crippen LogP contribution in [-0.4, -0.2) is 16.2 Å². The number of aromatic nitrogens is 2. The second-order valence-electron chi connectivity index (χ2n) is 4.98. The zero-order valence-electron chi connectivity index (χ0n) is 10.4. The van der Waals surface area contributed by atoms with Crippen molar-refractivity contribution in [3.63, 3.8) is 0 Å². The zero-order valence-corrected chi connectivity index (χ0v) is 12.0. The highest BCUT2D eigenvalue weighted by Gasteiger charge is 2.15. The molecule has 2 aromatic rings. The Labute approximate surface area is 111 Å². The molecule has 2 rings (SSSR count). The molecule has 0 aliphatic heterocycles. The Hall–Kier alpha value is -0.800. The summed E-state index contributed by atoms with van der Waals surface area (Å²) in [7, 11) is 0. The van der Waals surface area contributed by atoms with Gasteiger partial charge in [-0.3, -0.25) is 0 Å². The van der Waals surface area contributed by atoms with Crippen LogP contribution in [0.15, 0.2) is 23.4 Å². The van der Waals surface area contributed by atoms with Gasteiger partial charge in [0, 0.05) is 5.39 Å². The lowest BCUT2D eigenvalue weighted by Gasteiger charge is -2.19. The summed E-state index contributed by atoms with van der Waals surface area (Å²) in [4.78, 5) is 8.71. The van der Waals surface area contributed by atoms with Crippen molar-refractivity contribution >= 4 is 34.3 Å². The highest BCUT2D eigenvalue weighted by Crippen LogP contribution is 2.29. The van der Waals surface area contributed by atoms with Crippen LogP contribution in [-0.2, 0) is 5.41 Å². The van der Waals surface area contributed by atoms with Gasteiger partial charge in [0.15, 0.2) is 5.16 Å². The molecule has 1 heterocycles. The minimum absolute atomic E-state index is 0.107. The van der Waals surface area contributed by atoms with Crippen LogP contribution in [0, 0.1) is 0 Å². The molecule has 0 spiro atoms. The molecule has 0 radical (unpaired) electrons. The molecule has 90 valence electrons. The van der Waals surface area contributed by atoms with E-state index in [9.17, 15) is 0 Å². The number of nitrogens with zero attached hydrogens (tertiary/aromatic N) is 2. The third-order valence-corrected chi connectivity index (χ3v) is 3.51. The van der Waals surface area contributed by atoms with Crippen molar-refractivity contribution < 1.29 is 0 Å². The number of hydrogen-bond donors (Lipinski definition) is 0. The van der Waals surface area contributed by atoms with Crippen LogP contribution in [0.3, 0.4) is 0 Å². The van der Waals surface area contributed by atoms with E-state index in [1.165, 1.54) is 17.3 Å². The van der Waals surface area contributed by atoms with Crippen molar-refractivity contribution in [2.75, 3.05) is 6.26 Å². The van der Waals surface area contributed by atoms with E-state index >= 15 is 0 Å². The first-order chi connectivity index (χ1) is 7.91. The lowest BCUT2D eigenvalue weighted by molar-refractivity contribution is 0.591. The molecule has 0 aliphatic carbocycles. The molecule has 0 unspecified atom stereocenters. The Morgan fingerprint density at radius 3 is 2.47 bits per heavy atom. The molecular formula is C13H15ClN2S. The van der Waals surface area contributed by atoms with Crippen molar-refractivity contribution in [3.05, 3.63) is 28.9 Å². The van der Waals surface area contributed by atoms with Crippen molar-refractivity contribution in [2.24, 2.45) is 0 Å². The molecule has 17 heavy (non-hydrogen) atoms. The van der Waals surface area contributed by atoms with E-state index in [4.69, 9.17) is 11.6 Å². The quantitative estimate of drug-likeness (QED) is 0.437. The minimum Gasteiger partial charge on any atom is -0.222 e. The SMILES string of the molecule is CSc1nc(Cl)c2cc(C(C)(C)C)ccc2n1. The number of thioether (sulfide) groups is 1. The molecule has 0 fully saturated rings. The Morgan fingerprint density at radius 2 is 1.88 bits per heavy atom. The fraction of sp³-hybridized carbons (Fsp3) is 0.385. The Morgan fingerprint density at radius 1 is 1.18 bits per heavy atom. The van der Waals surface area contributed by atoms with Gasteiger partial charge in [-0.1, -0.05) is 50.2 Å². The van der Waals surface area contributed by atoms with Crippen molar-refractivity contribution in [1.29, 1.82) is 0 Å². The molecule has 0 amide bonds. The van der Waals surface area contributed by atoms with Gasteiger partial charge in [0.05, 0.1) is 5.52 Å². The number of halogens is 1. The maximum atomic E-state index is 6.20. The predicted molar refractivity (Wildman–Crippen MR) is 75.0 cm³/mol. The van der Waals surface area contributed by atoms with Gasteiger partial charge >= 0.3 is 0 Å². The van der Waals surface area contributed by atoms with Crippen molar-refractivity contribution in [2.45, 2.75) is 31.3 Å². The van der Waals surface area contributed by atoms with Crippen LogP contribution >= 0.6 is 23.4 Å². The molecular weight excluding hydrogens is 252 g/mol. The Kier molecular flexibility index (Phi) is 3.32. The summed E-state index contributed by atoms with van der Waals surface area (Å²) < 4.78 is 0. The summed E-state index contributed by atoms with van der Waals surface area (Å²) in [6.07, 6.45) is 1.95. The molecule has 1 aromatic heterocycles. The summed E-state index contributed by atoms with van der Waals surface area (Å²) in [6, 6.07) is 6.21. The fourth-order valence-corrected chi connectivity index (χ4v) is 2.28. The summed E-state index contributed by atoms with van der Waals surface area (Å²) in [5.74, 6) is 0. The van der Waals surface area contributed by atoms with E-state index in [0.717, 1.165) is 10.9 Å². The standard InChI is InChI=1S/C13H15ClN2S/c1-13(2,3)8-5-6-10-9(7-8)11(14)16-12(15-10)17-4/h5-7H,1-4H3. The van der Waals surface area contributed by atoms with E-state index in [0.29, 0.717) is 10.3 Å². The van der Waals surface area contributed by atoms with Gasteiger partial charge in [0.25, 0.3) is 0 Å². The molecule has 0 bridgehead atoms. The van der Waals surface area contributed by atoms with E-state index in [1.807, 2.05) is 12.3 Å². The smallest absolute Gasteiger partial charge is 0.189 e. The first-order valence-electron chi connectivity index (χ1n) is 5.43. The predicted octanol–water partition coefficient (Wildman–Crippen LogP) is 4.30. The van der Waals surface area contributed by atoms with Gasteiger partial charge in [-0.15, -0.1) is 0 Å². The van der Waals surface area contributed by atoms with Crippen LogP contribution in [0.1, 0.15) is 26.3 Å². The second kappa shape index (κ2) is 4.46. The number of hydrogen-bond acceptors (Lipinski definition) is 3. The maximum Gasteiger partial charge on any atom is 0.189 e. The fourth-order valence-electron chi connectivity index (χ4n) is 1.63. The topological polar surface area (TPSA) is 25.8 Å². The van der Waals surface area contributed by atoms with Gasteiger partial charge in [-0.25, -0.2) is 9.97 Å². The third kappa shape index (κ3) is 2.55. The van der Waals surface area contributed by atoms with Gasteiger partial charge in [-0.2, -0.15) is 0 Å². The minimum atomic E-state index is 0.107. The summed E-state index contributed by atoms with van der Waals surface area (Å²) >= 11 is 7.70. The van der Waals surface area contributed by atoms with E-state index < -0.39 is 0 Å². The average Bonchev–Trinajstić information content (AvgIpc) is 2.27. The average molecular weight is 267 g/mol. The van der Waals surface area contributed by atoms with Crippen LogP contribution in [0.25, 0.3) is 10.9 Å². The van der Waals surface area contributed by atoms with Crippen LogP contribution in [0.2, 0.25) is 5.15 Å². The highest BCUT2D eigenvalue weighted by atomic mass is 35.5. The highest BCUT2D eigenvalue weighted by molar-refractivity contribution is 7.98. The van der Waals surface area contributed by atoms with Crippen molar-refractivity contribution in [1.82, 2.24) is 9.97 Å². The van der Waals surface area contributed by atoms with Crippen LogP contribution in [0.4, 0.5) is 0 Å². The van der Waals surface area contributed by atoms with Crippen molar-refractivity contribution in [3.8, 4) is 0 Å². The largest absolute Gasteiger partial charge is 0.222 e. The second-order valence-corrected chi connectivity index (χ2v) is 6.11. The van der Waals surface area contributed by atoms with Crippen LogP contribution < -0.4 is 0 Å². The molecule has 0 saturated carbocycles. The first kappa shape index (κ1) is 12.7. The summed E-state index contributed by atoms with van der Waals surface area (Å²) in [6.45, 7) is 6.54. The lowest BCUT2D eigenvalue weighted by atomic mass is 9.86. The zero-order chi connectivity index (χ0) is 12.6. The number of benzene rings is 1. The van der Waals surface area contributed by atoms with Gasteiger partial charge in [-0.05, 0) is 29.4 Å². The number of fused-ring (bicyclic) bond motifs is 1. The van der Waals surface area contributed by atoms with Crippen LogP contribution in [0.5, 0.6) is 0 Å². The molecule has 1 aromatic carbocycles. The van der Waals surface area contributed by atoms with Gasteiger partial charge in [0.1, 0.15) is 5.15 Å². The molecule has 0 saturated heterocycles. The molecule has 0 atom stereocenters.